The molecular weight excluding hydrogens is 338 g/mol. The minimum atomic E-state index is -0.115. The molecule has 0 unspecified atom stereocenters. The SMILES string of the molecule is NCC1(c2nc(-c3ccc(Br)s3)no2)CCCCCC1. The Bertz CT molecular complexity index is 572. The fraction of sp³-hybridized carbons (Fsp3) is 0.571. The molecule has 0 aromatic carbocycles. The average Bonchev–Trinajstić information content (AvgIpc) is 3.03. The molecule has 108 valence electrons. The first kappa shape index (κ1) is 14.2. The van der Waals surface area contributed by atoms with E-state index in [1.807, 2.05) is 12.1 Å². The Morgan fingerprint density at radius 1 is 1.25 bits per heavy atom. The van der Waals surface area contributed by atoms with E-state index in [2.05, 4.69) is 26.1 Å². The van der Waals surface area contributed by atoms with Gasteiger partial charge in [-0.2, -0.15) is 4.98 Å². The molecular formula is C14H18BrN3OS. The first-order valence-corrected chi connectivity index (χ1v) is 8.64. The maximum atomic E-state index is 6.06. The normalized spacial score (nSPS) is 18.9. The molecule has 0 amide bonds. The van der Waals surface area contributed by atoms with Gasteiger partial charge in [-0.1, -0.05) is 30.8 Å². The van der Waals surface area contributed by atoms with Crippen LogP contribution >= 0.6 is 27.3 Å². The predicted octanol–water partition coefficient (Wildman–Crippen LogP) is 4.11. The summed E-state index contributed by atoms with van der Waals surface area (Å²) in [6, 6.07) is 4.01. The van der Waals surface area contributed by atoms with Crippen LogP contribution in [0.15, 0.2) is 20.4 Å². The second-order valence-electron chi connectivity index (χ2n) is 5.43. The second kappa shape index (κ2) is 5.95. The number of rotatable bonds is 3. The molecule has 2 N–H and O–H groups in total. The van der Waals surface area contributed by atoms with Crippen molar-refractivity contribution in [2.45, 2.75) is 43.9 Å². The van der Waals surface area contributed by atoms with Gasteiger partial charge in [0.1, 0.15) is 0 Å². The van der Waals surface area contributed by atoms with Crippen LogP contribution in [0.2, 0.25) is 0 Å². The molecule has 2 heterocycles. The van der Waals surface area contributed by atoms with Crippen LogP contribution in [0, 0.1) is 0 Å². The summed E-state index contributed by atoms with van der Waals surface area (Å²) >= 11 is 5.07. The average molecular weight is 356 g/mol. The summed E-state index contributed by atoms with van der Waals surface area (Å²) in [6.45, 7) is 0.586. The standard InChI is InChI=1S/C14H18BrN3OS/c15-11-6-5-10(20-11)12-17-13(19-18-12)14(9-16)7-3-1-2-4-8-14/h5-6H,1-4,7-9,16H2. The van der Waals surface area contributed by atoms with Crippen LogP contribution in [0.25, 0.3) is 10.7 Å². The lowest BCUT2D eigenvalue weighted by Gasteiger charge is -2.26. The van der Waals surface area contributed by atoms with Gasteiger partial charge in [0.2, 0.25) is 11.7 Å². The van der Waals surface area contributed by atoms with E-state index in [-0.39, 0.29) is 5.41 Å². The lowest BCUT2D eigenvalue weighted by molar-refractivity contribution is 0.257. The van der Waals surface area contributed by atoms with Crippen LogP contribution in [0.5, 0.6) is 0 Å². The van der Waals surface area contributed by atoms with E-state index in [4.69, 9.17) is 10.3 Å². The number of thiophene rings is 1. The highest BCUT2D eigenvalue weighted by molar-refractivity contribution is 9.11. The Morgan fingerprint density at radius 2 is 2.00 bits per heavy atom. The van der Waals surface area contributed by atoms with Crippen LogP contribution in [-0.2, 0) is 5.41 Å². The minimum Gasteiger partial charge on any atom is -0.338 e. The molecule has 0 atom stereocenters. The summed E-state index contributed by atoms with van der Waals surface area (Å²) in [5.74, 6) is 1.40. The molecule has 2 aromatic rings. The fourth-order valence-electron chi connectivity index (χ4n) is 2.88. The molecule has 6 heteroatoms. The predicted molar refractivity (Wildman–Crippen MR) is 83.7 cm³/mol. The Kier molecular flexibility index (Phi) is 4.23. The summed E-state index contributed by atoms with van der Waals surface area (Å²) in [4.78, 5) is 5.65. The van der Waals surface area contributed by atoms with Gasteiger partial charge in [-0.05, 0) is 40.9 Å². The van der Waals surface area contributed by atoms with Crippen LogP contribution in [-0.4, -0.2) is 16.7 Å². The van der Waals surface area contributed by atoms with Gasteiger partial charge < -0.3 is 10.3 Å². The van der Waals surface area contributed by atoms with Crippen LogP contribution in [0.3, 0.4) is 0 Å². The van der Waals surface area contributed by atoms with Crippen molar-refractivity contribution >= 4 is 27.3 Å². The van der Waals surface area contributed by atoms with Gasteiger partial charge in [0, 0.05) is 6.54 Å². The Hall–Kier alpha value is -0.720. The van der Waals surface area contributed by atoms with E-state index >= 15 is 0 Å². The molecule has 20 heavy (non-hydrogen) atoms. The van der Waals surface area contributed by atoms with E-state index in [0.717, 1.165) is 27.4 Å². The lowest BCUT2D eigenvalue weighted by Crippen LogP contribution is -2.35. The largest absolute Gasteiger partial charge is 0.338 e. The molecule has 0 bridgehead atoms. The van der Waals surface area contributed by atoms with Crippen molar-refractivity contribution in [2.75, 3.05) is 6.54 Å². The number of nitrogens with two attached hydrogens (primary N) is 1. The molecule has 1 saturated carbocycles. The van der Waals surface area contributed by atoms with E-state index in [1.54, 1.807) is 11.3 Å². The number of hydrogen-bond donors (Lipinski definition) is 1. The Labute approximate surface area is 130 Å². The van der Waals surface area contributed by atoms with Crippen molar-refractivity contribution in [1.82, 2.24) is 10.1 Å². The lowest BCUT2D eigenvalue weighted by atomic mass is 9.80. The first-order valence-electron chi connectivity index (χ1n) is 7.03. The molecule has 0 saturated heterocycles. The monoisotopic (exact) mass is 355 g/mol. The number of hydrogen-bond acceptors (Lipinski definition) is 5. The number of nitrogens with zero attached hydrogens (tertiary/aromatic N) is 2. The zero-order chi connectivity index (χ0) is 14.0. The van der Waals surface area contributed by atoms with Gasteiger partial charge in [-0.3, -0.25) is 0 Å². The third-order valence-electron chi connectivity index (χ3n) is 4.12. The molecule has 0 radical (unpaired) electrons. The van der Waals surface area contributed by atoms with Gasteiger partial charge in [0.05, 0.1) is 14.1 Å². The Balaban J connectivity index is 1.91. The molecule has 3 rings (SSSR count). The van der Waals surface area contributed by atoms with Gasteiger partial charge in [-0.25, -0.2) is 0 Å². The quantitative estimate of drug-likeness (QED) is 0.841. The molecule has 1 fully saturated rings. The van der Waals surface area contributed by atoms with Crippen molar-refractivity contribution in [1.29, 1.82) is 0 Å². The summed E-state index contributed by atoms with van der Waals surface area (Å²) in [7, 11) is 0. The van der Waals surface area contributed by atoms with Crippen molar-refractivity contribution in [3.8, 4) is 10.7 Å². The van der Waals surface area contributed by atoms with Crippen LogP contribution < -0.4 is 5.73 Å². The minimum absolute atomic E-state index is 0.115. The molecule has 1 aliphatic rings. The van der Waals surface area contributed by atoms with Gasteiger partial charge in [0.15, 0.2) is 0 Å². The third kappa shape index (κ3) is 2.69. The third-order valence-corrected chi connectivity index (χ3v) is 5.74. The zero-order valence-electron chi connectivity index (χ0n) is 11.3. The van der Waals surface area contributed by atoms with E-state index in [1.165, 1.54) is 25.7 Å². The molecule has 1 aliphatic carbocycles. The van der Waals surface area contributed by atoms with Crippen molar-refractivity contribution in [3.05, 3.63) is 21.8 Å². The van der Waals surface area contributed by atoms with Crippen LogP contribution in [0.4, 0.5) is 0 Å². The highest BCUT2D eigenvalue weighted by Crippen LogP contribution is 2.38. The summed E-state index contributed by atoms with van der Waals surface area (Å²) < 4.78 is 6.64. The summed E-state index contributed by atoms with van der Waals surface area (Å²) in [6.07, 6.45) is 7.05. The number of aromatic nitrogens is 2. The van der Waals surface area contributed by atoms with Crippen molar-refractivity contribution < 1.29 is 4.52 Å². The van der Waals surface area contributed by atoms with Gasteiger partial charge in [-0.15, -0.1) is 11.3 Å². The molecule has 2 aromatic heterocycles. The van der Waals surface area contributed by atoms with E-state index in [9.17, 15) is 0 Å². The summed E-state index contributed by atoms with van der Waals surface area (Å²) in [5, 5.41) is 4.15. The maximum Gasteiger partial charge on any atom is 0.234 e. The van der Waals surface area contributed by atoms with E-state index < -0.39 is 0 Å². The van der Waals surface area contributed by atoms with Crippen molar-refractivity contribution in [3.63, 3.8) is 0 Å². The first-order chi connectivity index (χ1) is 9.73. The smallest absolute Gasteiger partial charge is 0.234 e. The van der Waals surface area contributed by atoms with Gasteiger partial charge >= 0.3 is 0 Å². The van der Waals surface area contributed by atoms with Crippen LogP contribution in [0.1, 0.15) is 44.4 Å². The maximum absolute atomic E-state index is 6.06. The molecule has 4 nitrogen and oxygen atoms in total. The Morgan fingerprint density at radius 3 is 2.60 bits per heavy atom. The van der Waals surface area contributed by atoms with Gasteiger partial charge in [0.25, 0.3) is 0 Å². The molecule has 0 aliphatic heterocycles. The van der Waals surface area contributed by atoms with Crippen molar-refractivity contribution in [2.24, 2.45) is 5.73 Å². The number of halogens is 1. The topological polar surface area (TPSA) is 64.9 Å². The highest BCUT2D eigenvalue weighted by Gasteiger charge is 2.37. The fourth-order valence-corrected chi connectivity index (χ4v) is 4.20. The summed E-state index contributed by atoms with van der Waals surface area (Å²) in [5.41, 5.74) is 5.94. The zero-order valence-corrected chi connectivity index (χ0v) is 13.7. The molecule has 0 spiro atoms. The highest BCUT2D eigenvalue weighted by atomic mass is 79.9. The second-order valence-corrected chi connectivity index (χ2v) is 7.89. The van der Waals surface area contributed by atoms with E-state index in [0.29, 0.717) is 12.4 Å².